The molecule has 0 aliphatic rings. The molecule has 0 unspecified atom stereocenters. The van der Waals surface area contributed by atoms with Crippen molar-refractivity contribution in [2.75, 3.05) is 18.2 Å². The van der Waals surface area contributed by atoms with E-state index in [4.69, 9.17) is 39.5 Å². The Bertz CT molecular complexity index is 947. The number of fused-ring (bicyclic) bond motifs is 1. The molecule has 144 valence electrons. The summed E-state index contributed by atoms with van der Waals surface area (Å²) in [4.78, 5) is 21.1. The summed E-state index contributed by atoms with van der Waals surface area (Å²) in [6.07, 6.45) is 5.36. The fourth-order valence-electron chi connectivity index (χ4n) is 2.57. The molecule has 2 heterocycles. The van der Waals surface area contributed by atoms with Crippen molar-refractivity contribution in [2.24, 2.45) is 7.05 Å². The summed E-state index contributed by atoms with van der Waals surface area (Å²) in [5.74, 6) is -0.425. The molecule has 0 fully saturated rings. The summed E-state index contributed by atoms with van der Waals surface area (Å²) in [5, 5.41) is 2.43. The normalized spacial score (nSPS) is 10.4. The fourth-order valence-corrected chi connectivity index (χ4v) is 3.08. The van der Waals surface area contributed by atoms with E-state index in [-0.39, 0.29) is 5.34 Å². The van der Waals surface area contributed by atoms with E-state index in [1.165, 1.54) is 18.0 Å². The fraction of sp³-hybridized carbons (Fsp3) is 0.278. The molecule has 2 aromatic heterocycles. The Kier molecular flexibility index (Phi) is 8.23. The number of hydrogen-bond acceptors (Lipinski definition) is 5. The number of thioether (sulfide) groups is 1. The van der Waals surface area contributed by atoms with Gasteiger partial charge in [0.1, 0.15) is 5.56 Å². The van der Waals surface area contributed by atoms with E-state index in [0.29, 0.717) is 28.0 Å². The molecular formula is C18H18Cl3N3O2S. The number of aryl methyl sites for hydroxylation is 1. The summed E-state index contributed by atoms with van der Waals surface area (Å²) < 4.78 is 7.11. The minimum absolute atomic E-state index is 0.194. The van der Waals surface area contributed by atoms with E-state index in [1.807, 2.05) is 42.3 Å². The molecule has 0 atom stereocenters. The summed E-state index contributed by atoms with van der Waals surface area (Å²) in [7, 11) is 1.93. The zero-order valence-corrected chi connectivity index (χ0v) is 18.1. The van der Waals surface area contributed by atoms with Gasteiger partial charge in [-0.05, 0) is 25.3 Å². The number of rotatable bonds is 4. The van der Waals surface area contributed by atoms with Crippen LogP contribution in [-0.2, 0) is 11.8 Å². The largest absolute Gasteiger partial charge is 0.462 e. The summed E-state index contributed by atoms with van der Waals surface area (Å²) in [5.41, 5.74) is 2.75. The van der Waals surface area contributed by atoms with E-state index in [2.05, 4.69) is 9.97 Å². The van der Waals surface area contributed by atoms with Gasteiger partial charge in [0.2, 0.25) is 0 Å². The predicted octanol–water partition coefficient (Wildman–Crippen LogP) is 5.61. The van der Waals surface area contributed by atoms with E-state index in [0.717, 1.165) is 16.5 Å². The molecule has 5 nitrogen and oxygen atoms in total. The number of carbonyl (C=O) groups is 1. The summed E-state index contributed by atoms with van der Waals surface area (Å²) in [6, 6.07) is 5.65. The number of alkyl halides is 2. The van der Waals surface area contributed by atoms with Gasteiger partial charge in [-0.2, -0.15) is 0 Å². The summed E-state index contributed by atoms with van der Waals surface area (Å²) >= 11 is 17.1. The Morgan fingerprint density at radius 3 is 2.67 bits per heavy atom. The van der Waals surface area contributed by atoms with Crippen molar-refractivity contribution in [2.45, 2.75) is 12.1 Å². The van der Waals surface area contributed by atoms with Gasteiger partial charge >= 0.3 is 5.97 Å². The summed E-state index contributed by atoms with van der Waals surface area (Å²) in [6.45, 7) is 2.07. The molecule has 9 heteroatoms. The van der Waals surface area contributed by atoms with Crippen LogP contribution in [0, 0.1) is 0 Å². The SMILES string of the molecule is CCOC(=O)c1cnc(SC)nc1-c1cn(C)c2cc(Cl)ccc12.ClCCl. The maximum absolute atomic E-state index is 12.3. The van der Waals surface area contributed by atoms with E-state index in [1.54, 1.807) is 6.92 Å². The lowest BCUT2D eigenvalue weighted by Gasteiger charge is -2.08. The van der Waals surface area contributed by atoms with Gasteiger partial charge in [-0.25, -0.2) is 14.8 Å². The van der Waals surface area contributed by atoms with Crippen LogP contribution in [0.3, 0.4) is 0 Å². The maximum atomic E-state index is 12.3. The topological polar surface area (TPSA) is 57.0 Å². The lowest BCUT2D eigenvalue weighted by molar-refractivity contribution is 0.0526. The molecule has 0 radical (unpaired) electrons. The first-order chi connectivity index (χ1) is 13.0. The van der Waals surface area contributed by atoms with Crippen LogP contribution >= 0.6 is 46.6 Å². The van der Waals surface area contributed by atoms with Crippen molar-refractivity contribution < 1.29 is 9.53 Å². The van der Waals surface area contributed by atoms with Crippen molar-refractivity contribution in [3.63, 3.8) is 0 Å². The van der Waals surface area contributed by atoms with Crippen LogP contribution in [0.5, 0.6) is 0 Å². The zero-order chi connectivity index (χ0) is 20.0. The Morgan fingerprint density at radius 2 is 2.04 bits per heavy atom. The number of carbonyl (C=O) groups excluding carboxylic acids is 1. The Balaban J connectivity index is 0.000000817. The third-order valence-corrected chi connectivity index (χ3v) is 4.45. The van der Waals surface area contributed by atoms with Crippen LogP contribution in [0.4, 0.5) is 0 Å². The highest BCUT2D eigenvalue weighted by Crippen LogP contribution is 2.33. The molecule has 0 aliphatic heterocycles. The third kappa shape index (κ3) is 5.08. The number of ether oxygens (including phenoxy) is 1. The number of halogens is 3. The van der Waals surface area contributed by atoms with Crippen LogP contribution in [-0.4, -0.2) is 38.7 Å². The van der Waals surface area contributed by atoms with Crippen LogP contribution in [0.25, 0.3) is 22.2 Å². The minimum Gasteiger partial charge on any atom is -0.462 e. The van der Waals surface area contributed by atoms with Crippen LogP contribution < -0.4 is 0 Å². The van der Waals surface area contributed by atoms with E-state index >= 15 is 0 Å². The van der Waals surface area contributed by atoms with Gasteiger partial charge in [0, 0.05) is 40.9 Å². The van der Waals surface area contributed by atoms with Gasteiger partial charge in [-0.1, -0.05) is 29.4 Å². The van der Waals surface area contributed by atoms with Crippen molar-refractivity contribution in [1.82, 2.24) is 14.5 Å². The second-order valence-electron chi connectivity index (χ2n) is 5.26. The quantitative estimate of drug-likeness (QED) is 0.226. The molecule has 27 heavy (non-hydrogen) atoms. The van der Waals surface area contributed by atoms with Gasteiger partial charge in [-0.3, -0.25) is 0 Å². The number of nitrogens with zero attached hydrogens (tertiary/aromatic N) is 3. The standard InChI is InChI=1S/C17H16ClN3O2S.CH2Cl2/c1-4-23-16(22)12-8-19-17(24-3)20-15(12)13-9-21(2)14-7-10(18)5-6-11(13)14;2-1-3/h5-9H,4H2,1-3H3;1H2. The van der Waals surface area contributed by atoms with E-state index in [9.17, 15) is 4.79 Å². The zero-order valence-electron chi connectivity index (χ0n) is 15.0. The lowest BCUT2D eigenvalue weighted by Crippen LogP contribution is -2.09. The number of esters is 1. The highest BCUT2D eigenvalue weighted by molar-refractivity contribution is 7.98. The monoisotopic (exact) mass is 445 g/mol. The molecule has 0 aliphatic carbocycles. The number of aromatic nitrogens is 3. The molecule has 0 amide bonds. The minimum atomic E-state index is -0.425. The van der Waals surface area contributed by atoms with Gasteiger partial charge in [0.05, 0.1) is 17.6 Å². The second-order valence-corrected chi connectivity index (χ2v) is 7.27. The predicted molar refractivity (Wildman–Crippen MR) is 113 cm³/mol. The smallest absolute Gasteiger partial charge is 0.341 e. The van der Waals surface area contributed by atoms with Gasteiger partial charge < -0.3 is 9.30 Å². The molecule has 0 spiro atoms. The number of hydrogen-bond donors (Lipinski definition) is 0. The van der Waals surface area contributed by atoms with E-state index < -0.39 is 5.97 Å². The highest BCUT2D eigenvalue weighted by atomic mass is 35.5. The average molecular weight is 447 g/mol. The van der Waals surface area contributed by atoms with Crippen LogP contribution in [0.15, 0.2) is 35.7 Å². The number of benzene rings is 1. The Morgan fingerprint density at radius 1 is 1.33 bits per heavy atom. The molecule has 0 N–H and O–H groups in total. The molecule has 0 bridgehead atoms. The van der Waals surface area contributed by atoms with Gasteiger partial charge in [0.15, 0.2) is 5.16 Å². The van der Waals surface area contributed by atoms with Crippen LogP contribution in [0.1, 0.15) is 17.3 Å². The third-order valence-electron chi connectivity index (χ3n) is 3.65. The molecule has 0 saturated carbocycles. The van der Waals surface area contributed by atoms with Crippen molar-refractivity contribution in [3.05, 3.63) is 41.2 Å². The molecule has 3 aromatic rings. The van der Waals surface area contributed by atoms with Crippen molar-refractivity contribution in [1.29, 1.82) is 0 Å². The van der Waals surface area contributed by atoms with Gasteiger partial charge in [0.25, 0.3) is 0 Å². The first-order valence-corrected chi connectivity index (χ1v) is 10.6. The Hall–Kier alpha value is -1.47. The first kappa shape index (κ1) is 21.8. The maximum Gasteiger partial charge on any atom is 0.341 e. The van der Waals surface area contributed by atoms with Gasteiger partial charge in [-0.15, -0.1) is 23.2 Å². The van der Waals surface area contributed by atoms with Crippen molar-refractivity contribution >= 4 is 63.4 Å². The van der Waals surface area contributed by atoms with Crippen molar-refractivity contribution in [3.8, 4) is 11.3 Å². The lowest BCUT2D eigenvalue weighted by atomic mass is 10.1. The highest BCUT2D eigenvalue weighted by Gasteiger charge is 2.20. The Labute approximate surface area is 177 Å². The molecule has 0 saturated heterocycles. The molecule has 1 aromatic carbocycles. The average Bonchev–Trinajstić information content (AvgIpc) is 2.98. The molecular weight excluding hydrogens is 429 g/mol. The first-order valence-electron chi connectivity index (χ1n) is 7.91. The molecule has 3 rings (SSSR count). The second kappa shape index (κ2) is 10.2. The van der Waals surface area contributed by atoms with Crippen LogP contribution in [0.2, 0.25) is 5.02 Å².